The third-order valence-corrected chi connectivity index (χ3v) is 5.51. The molecule has 0 spiro atoms. The average molecular weight is 429 g/mol. The second-order valence-electron chi connectivity index (χ2n) is 8.30. The normalized spacial score (nSPS) is 12.9. The molecule has 2 aromatic heterocycles. The lowest BCUT2D eigenvalue weighted by molar-refractivity contribution is 0.103. The Hall–Kier alpha value is -2.62. The largest absolute Gasteiger partial charge is 0.395 e. The molecule has 2 N–H and O–H groups in total. The number of pyridine rings is 1. The second kappa shape index (κ2) is 10.1. The number of methoxy groups -OCH3 is 1. The zero-order chi connectivity index (χ0) is 22.5. The number of nitrogens with one attached hydrogen (secondary N) is 1. The van der Waals surface area contributed by atoms with Crippen LogP contribution in [0.2, 0.25) is 0 Å². The minimum Gasteiger partial charge on any atom is -0.395 e. The number of ether oxygens (including phenoxy) is 1. The summed E-state index contributed by atoms with van der Waals surface area (Å²) in [6, 6.07) is 5.88. The Balaban J connectivity index is 2.00. The molecule has 0 aliphatic heterocycles. The molecule has 9 nitrogen and oxygen atoms in total. The highest BCUT2D eigenvalue weighted by molar-refractivity contribution is 5.83. The number of nitrogens with zero attached hydrogens (tertiary/aromatic N) is 5. The average Bonchev–Trinajstić information content (AvgIpc) is 3.15. The summed E-state index contributed by atoms with van der Waals surface area (Å²) in [5.41, 5.74) is 3.59. The van der Waals surface area contributed by atoms with Crippen LogP contribution in [-0.4, -0.2) is 62.1 Å². The number of benzene rings is 1. The van der Waals surface area contributed by atoms with Gasteiger partial charge >= 0.3 is 0 Å². The van der Waals surface area contributed by atoms with Crippen LogP contribution in [0.3, 0.4) is 0 Å². The summed E-state index contributed by atoms with van der Waals surface area (Å²) < 4.78 is 6.91. The van der Waals surface area contributed by atoms with E-state index in [1.807, 2.05) is 26.0 Å². The zero-order valence-corrected chi connectivity index (χ0v) is 18.9. The smallest absolute Gasteiger partial charge is 0.252 e. The van der Waals surface area contributed by atoms with Gasteiger partial charge in [0.15, 0.2) is 5.82 Å². The number of hydrogen-bond donors (Lipinski definition) is 2. The number of aromatic amines is 1. The van der Waals surface area contributed by atoms with Crippen molar-refractivity contribution in [1.82, 2.24) is 30.1 Å². The third kappa shape index (κ3) is 5.17. The monoisotopic (exact) mass is 428 g/mol. The predicted molar refractivity (Wildman–Crippen MR) is 119 cm³/mol. The van der Waals surface area contributed by atoms with Crippen LogP contribution in [0.15, 0.2) is 23.0 Å². The van der Waals surface area contributed by atoms with Crippen LogP contribution in [0.4, 0.5) is 0 Å². The minimum absolute atomic E-state index is 0.0352. The maximum atomic E-state index is 12.9. The fraction of sp³-hybridized carbons (Fsp3) is 0.545. The lowest BCUT2D eigenvalue weighted by Crippen LogP contribution is -2.37. The first-order valence-corrected chi connectivity index (χ1v) is 10.6. The van der Waals surface area contributed by atoms with Crippen molar-refractivity contribution in [3.63, 3.8) is 0 Å². The van der Waals surface area contributed by atoms with E-state index in [0.29, 0.717) is 37.6 Å². The molecule has 0 saturated heterocycles. The van der Waals surface area contributed by atoms with E-state index in [1.165, 1.54) is 0 Å². The Labute approximate surface area is 182 Å². The van der Waals surface area contributed by atoms with E-state index in [1.54, 1.807) is 11.8 Å². The molecular formula is C22H32N6O3. The summed E-state index contributed by atoms with van der Waals surface area (Å²) in [5.74, 6) is 0.854. The standard InChI is InChI=1S/C22H32N6O3/c1-14(2)20(21-24-25-26-28(21)7-9-31-5)27(6-8-29)13-17-12-18-16(4)10-15(3)11-19(18)23-22(17)30/h10-12,14,20,29H,6-9,13H2,1-5H3,(H,23,30)/t20-/m0/s1. The highest BCUT2D eigenvalue weighted by Crippen LogP contribution is 2.28. The highest BCUT2D eigenvalue weighted by Gasteiger charge is 2.29. The number of H-pyrrole nitrogens is 1. The van der Waals surface area contributed by atoms with E-state index >= 15 is 0 Å². The van der Waals surface area contributed by atoms with Crippen LogP contribution < -0.4 is 5.56 Å². The molecule has 168 valence electrons. The highest BCUT2D eigenvalue weighted by atomic mass is 16.5. The Bertz CT molecular complexity index is 1070. The summed E-state index contributed by atoms with van der Waals surface area (Å²) in [6.07, 6.45) is 0. The van der Waals surface area contributed by atoms with Gasteiger partial charge in [0, 0.05) is 36.7 Å². The number of aromatic nitrogens is 5. The van der Waals surface area contributed by atoms with Gasteiger partial charge in [-0.25, -0.2) is 4.68 Å². The van der Waals surface area contributed by atoms with Gasteiger partial charge in [0.25, 0.3) is 5.56 Å². The molecule has 0 fully saturated rings. The molecule has 0 aliphatic carbocycles. The van der Waals surface area contributed by atoms with Crippen molar-refractivity contribution < 1.29 is 9.84 Å². The predicted octanol–water partition coefficient (Wildman–Crippen LogP) is 1.97. The Morgan fingerprint density at radius 3 is 2.71 bits per heavy atom. The summed E-state index contributed by atoms with van der Waals surface area (Å²) in [5, 5.41) is 23.0. The number of hydrogen-bond acceptors (Lipinski definition) is 7. The van der Waals surface area contributed by atoms with Crippen LogP contribution >= 0.6 is 0 Å². The molecule has 1 atom stereocenters. The van der Waals surface area contributed by atoms with Crippen molar-refractivity contribution in [1.29, 1.82) is 0 Å². The maximum absolute atomic E-state index is 12.9. The molecule has 0 bridgehead atoms. The number of aliphatic hydroxyl groups excluding tert-OH is 1. The minimum atomic E-state index is -0.173. The molecule has 2 heterocycles. The van der Waals surface area contributed by atoms with Crippen LogP contribution in [0, 0.1) is 19.8 Å². The van der Waals surface area contributed by atoms with Gasteiger partial charge in [-0.1, -0.05) is 19.9 Å². The third-order valence-electron chi connectivity index (χ3n) is 5.51. The van der Waals surface area contributed by atoms with Gasteiger partial charge in [-0.2, -0.15) is 0 Å². The van der Waals surface area contributed by atoms with E-state index in [2.05, 4.69) is 45.3 Å². The molecule has 0 radical (unpaired) electrons. The van der Waals surface area contributed by atoms with E-state index < -0.39 is 0 Å². The fourth-order valence-corrected chi connectivity index (χ4v) is 4.14. The number of aliphatic hydroxyl groups is 1. The van der Waals surface area contributed by atoms with E-state index in [0.717, 1.165) is 22.0 Å². The van der Waals surface area contributed by atoms with Gasteiger partial charge in [0.2, 0.25) is 0 Å². The summed E-state index contributed by atoms with van der Waals surface area (Å²) in [4.78, 5) is 18.0. The van der Waals surface area contributed by atoms with Gasteiger partial charge in [-0.15, -0.1) is 5.10 Å². The SMILES string of the molecule is COCCn1nnnc1[C@H](C(C)C)N(CCO)Cc1cc2c(C)cc(C)cc2[nH]c1=O. The molecule has 3 aromatic rings. The summed E-state index contributed by atoms with van der Waals surface area (Å²) >= 11 is 0. The van der Waals surface area contributed by atoms with Gasteiger partial charge in [-0.05, 0) is 53.5 Å². The Morgan fingerprint density at radius 2 is 2.03 bits per heavy atom. The lowest BCUT2D eigenvalue weighted by Gasteiger charge is -2.33. The molecule has 0 aliphatic rings. The summed E-state index contributed by atoms with van der Waals surface area (Å²) in [6.45, 7) is 9.99. The van der Waals surface area contributed by atoms with Gasteiger partial charge in [0.1, 0.15) is 0 Å². The van der Waals surface area contributed by atoms with E-state index in [-0.39, 0.29) is 24.1 Å². The number of tetrazole rings is 1. The van der Waals surface area contributed by atoms with Gasteiger partial charge in [-0.3, -0.25) is 9.69 Å². The van der Waals surface area contributed by atoms with Crippen molar-refractivity contribution >= 4 is 10.9 Å². The topological polar surface area (TPSA) is 109 Å². The first-order valence-electron chi connectivity index (χ1n) is 10.6. The van der Waals surface area contributed by atoms with Crippen molar-refractivity contribution in [2.45, 2.75) is 46.8 Å². The van der Waals surface area contributed by atoms with E-state index in [9.17, 15) is 9.90 Å². The van der Waals surface area contributed by atoms with Gasteiger partial charge < -0.3 is 14.8 Å². The number of aryl methyl sites for hydroxylation is 2. The first kappa shape index (κ1) is 23.1. The molecular weight excluding hydrogens is 396 g/mol. The van der Waals surface area contributed by atoms with Gasteiger partial charge in [0.05, 0.1) is 25.8 Å². The molecule has 0 amide bonds. The molecule has 31 heavy (non-hydrogen) atoms. The zero-order valence-electron chi connectivity index (χ0n) is 18.9. The molecule has 9 heteroatoms. The molecule has 0 saturated carbocycles. The van der Waals surface area contributed by atoms with Crippen molar-refractivity contribution in [3.8, 4) is 0 Å². The van der Waals surface area contributed by atoms with Crippen molar-refractivity contribution in [2.24, 2.45) is 5.92 Å². The van der Waals surface area contributed by atoms with Crippen LogP contribution in [0.25, 0.3) is 10.9 Å². The van der Waals surface area contributed by atoms with Crippen LogP contribution in [0.1, 0.15) is 42.4 Å². The first-order chi connectivity index (χ1) is 14.8. The Kier molecular flexibility index (Phi) is 7.53. The van der Waals surface area contributed by atoms with Crippen molar-refractivity contribution in [2.75, 3.05) is 26.9 Å². The Morgan fingerprint density at radius 1 is 1.26 bits per heavy atom. The maximum Gasteiger partial charge on any atom is 0.252 e. The fourth-order valence-electron chi connectivity index (χ4n) is 4.14. The molecule has 3 rings (SSSR count). The van der Waals surface area contributed by atoms with Crippen molar-refractivity contribution in [3.05, 3.63) is 51.1 Å². The lowest BCUT2D eigenvalue weighted by atomic mass is 10.00. The number of fused-ring (bicyclic) bond motifs is 1. The van der Waals surface area contributed by atoms with E-state index in [4.69, 9.17) is 4.74 Å². The summed E-state index contributed by atoms with van der Waals surface area (Å²) in [7, 11) is 1.64. The molecule has 0 unspecified atom stereocenters. The molecule has 1 aromatic carbocycles. The second-order valence-corrected chi connectivity index (χ2v) is 8.30. The van der Waals surface area contributed by atoms with Crippen LogP contribution in [0.5, 0.6) is 0 Å². The quantitative estimate of drug-likeness (QED) is 0.508. The van der Waals surface area contributed by atoms with Crippen LogP contribution in [-0.2, 0) is 17.8 Å². The number of rotatable bonds is 10.